The highest BCUT2D eigenvalue weighted by molar-refractivity contribution is 9.12. The minimum Gasteiger partial charge on any atom is -0.478 e. The maximum Gasteiger partial charge on any atom is 0.337 e. The molecule has 1 aliphatic rings. The zero-order valence-electron chi connectivity index (χ0n) is 12.5. The lowest BCUT2D eigenvalue weighted by Gasteiger charge is -2.20. The number of aliphatic carboxylic acids is 1. The molecule has 0 fully saturated rings. The maximum atomic E-state index is 12.0. The Bertz CT molecular complexity index is 799. The van der Waals surface area contributed by atoms with Crippen molar-refractivity contribution in [3.05, 3.63) is 93.7 Å². The van der Waals surface area contributed by atoms with Crippen LogP contribution in [0.1, 0.15) is 17.0 Å². The SMILES string of the molecule is O=C1C=C(Br)/C(=C(\C(=O)O)C(c2ccccc2)c2ccccc2)O1. The fraction of sp³-hybridized carbons (Fsp3) is 0.0526. The molecule has 0 amide bonds. The molecule has 4 nitrogen and oxygen atoms in total. The smallest absolute Gasteiger partial charge is 0.337 e. The topological polar surface area (TPSA) is 63.6 Å². The number of hydrogen-bond acceptors (Lipinski definition) is 3. The van der Waals surface area contributed by atoms with Crippen LogP contribution in [0.5, 0.6) is 0 Å². The minimum absolute atomic E-state index is 0.0152. The summed E-state index contributed by atoms with van der Waals surface area (Å²) in [6, 6.07) is 18.6. The molecule has 120 valence electrons. The molecular weight excluding hydrogens is 372 g/mol. The van der Waals surface area contributed by atoms with Crippen molar-refractivity contribution >= 4 is 27.9 Å². The van der Waals surface area contributed by atoms with E-state index in [1.807, 2.05) is 60.7 Å². The fourth-order valence-corrected chi connectivity index (χ4v) is 3.18. The normalized spacial score (nSPS) is 15.9. The molecule has 3 rings (SSSR count). The number of carboxylic acids is 1. The van der Waals surface area contributed by atoms with Gasteiger partial charge >= 0.3 is 11.9 Å². The van der Waals surface area contributed by atoms with Crippen molar-refractivity contribution in [2.45, 2.75) is 5.92 Å². The van der Waals surface area contributed by atoms with Gasteiger partial charge in [0.1, 0.15) is 0 Å². The van der Waals surface area contributed by atoms with Gasteiger partial charge in [0.05, 0.1) is 10.1 Å². The standard InChI is InChI=1S/C19H13BrO4/c20-14-11-15(21)24-18(14)17(19(22)23)16(12-7-3-1-4-8-12)13-9-5-2-6-10-13/h1-11,16H,(H,22,23)/b18-17+. The lowest BCUT2D eigenvalue weighted by molar-refractivity contribution is -0.134. The van der Waals surface area contributed by atoms with Crippen molar-refractivity contribution in [2.24, 2.45) is 0 Å². The van der Waals surface area contributed by atoms with Gasteiger partial charge < -0.3 is 9.84 Å². The Balaban J connectivity index is 2.24. The molecule has 1 N–H and O–H groups in total. The highest BCUT2D eigenvalue weighted by Gasteiger charge is 2.33. The van der Waals surface area contributed by atoms with Crippen LogP contribution in [0.4, 0.5) is 0 Å². The maximum absolute atomic E-state index is 12.0. The summed E-state index contributed by atoms with van der Waals surface area (Å²) in [5.41, 5.74) is 1.62. The molecule has 0 radical (unpaired) electrons. The van der Waals surface area contributed by atoms with Gasteiger partial charge in [-0.05, 0) is 27.1 Å². The third kappa shape index (κ3) is 3.16. The predicted molar refractivity (Wildman–Crippen MR) is 92.5 cm³/mol. The average Bonchev–Trinajstić information content (AvgIpc) is 2.91. The third-order valence-electron chi connectivity index (χ3n) is 3.69. The van der Waals surface area contributed by atoms with E-state index in [0.29, 0.717) is 4.48 Å². The van der Waals surface area contributed by atoms with E-state index in [0.717, 1.165) is 11.1 Å². The number of cyclic esters (lactones) is 1. The molecule has 0 aromatic heterocycles. The molecule has 0 aliphatic carbocycles. The first kappa shape index (κ1) is 16.2. The Morgan fingerprint density at radius 1 is 0.958 bits per heavy atom. The molecule has 24 heavy (non-hydrogen) atoms. The summed E-state index contributed by atoms with van der Waals surface area (Å²) in [7, 11) is 0. The molecule has 0 saturated carbocycles. The van der Waals surface area contributed by atoms with Crippen LogP contribution in [0.25, 0.3) is 0 Å². The van der Waals surface area contributed by atoms with Crippen molar-refractivity contribution in [2.75, 3.05) is 0 Å². The van der Waals surface area contributed by atoms with Gasteiger partial charge in [0.25, 0.3) is 0 Å². The number of halogens is 1. The van der Waals surface area contributed by atoms with E-state index in [-0.39, 0.29) is 11.3 Å². The number of rotatable bonds is 4. The number of carboxylic acid groups (broad SMARTS) is 1. The van der Waals surface area contributed by atoms with Crippen LogP contribution in [0.15, 0.2) is 82.6 Å². The molecular formula is C19H13BrO4. The first-order valence-electron chi connectivity index (χ1n) is 7.24. The lowest BCUT2D eigenvalue weighted by Crippen LogP contribution is -2.16. The molecule has 1 aliphatic heterocycles. The molecule has 1 heterocycles. The summed E-state index contributed by atoms with van der Waals surface area (Å²) in [5.74, 6) is -2.24. The molecule has 0 saturated heterocycles. The number of allylic oxidation sites excluding steroid dienone is 1. The van der Waals surface area contributed by atoms with Gasteiger partial charge in [-0.1, -0.05) is 60.7 Å². The van der Waals surface area contributed by atoms with Crippen molar-refractivity contribution in [3.63, 3.8) is 0 Å². The van der Waals surface area contributed by atoms with Crippen molar-refractivity contribution < 1.29 is 19.4 Å². The number of carbonyl (C=O) groups is 2. The quantitative estimate of drug-likeness (QED) is 0.639. The van der Waals surface area contributed by atoms with Crippen LogP contribution in [-0.4, -0.2) is 17.0 Å². The molecule has 5 heteroatoms. The van der Waals surface area contributed by atoms with E-state index >= 15 is 0 Å². The summed E-state index contributed by atoms with van der Waals surface area (Å²) in [4.78, 5) is 23.6. The van der Waals surface area contributed by atoms with Gasteiger partial charge in [-0.2, -0.15) is 0 Å². The van der Waals surface area contributed by atoms with Gasteiger partial charge in [-0.25, -0.2) is 9.59 Å². The van der Waals surface area contributed by atoms with Crippen molar-refractivity contribution in [1.29, 1.82) is 0 Å². The summed E-state index contributed by atoms with van der Waals surface area (Å²) in [5, 5.41) is 9.83. The largest absolute Gasteiger partial charge is 0.478 e. The fourth-order valence-electron chi connectivity index (χ4n) is 2.70. The second kappa shape index (κ2) is 6.84. The van der Waals surface area contributed by atoms with Crippen LogP contribution >= 0.6 is 15.9 Å². The summed E-state index contributed by atoms with van der Waals surface area (Å²) in [6.45, 7) is 0. The first-order chi connectivity index (χ1) is 11.6. The number of carbonyl (C=O) groups excluding carboxylic acids is 1. The van der Waals surface area contributed by atoms with Gasteiger partial charge in [0, 0.05) is 12.0 Å². The highest BCUT2D eigenvalue weighted by Crippen LogP contribution is 2.38. The number of hydrogen-bond donors (Lipinski definition) is 1. The van der Waals surface area contributed by atoms with E-state index in [1.54, 1.807) is 0 Å². The van der Waals surface area contributed by atoms with Crippen LogP contribution in [0.2, 0.25) is 0 Å². The number of ether oxygens (including phenoxy) is 1. The van der Waals surface area contributed by atoms with Crippen LogP contribution in [-0.2, 0) is 14.3 Å². The van der Waals surface area contributed by atoms with Crippen molar-refractivity contribution in [1.82, 2.24) is 0 Å². The zero-order valence-corrected chi connectivity index (χ0v) is 14.1. The van der Waals surface area contributed by atoms with E-state index in [1.165, 1.54) is 6.08 Å². The lowest BCUT2D eigenvalue weighted by atomic mass is 9.84. The molecule has 0 unspecified atom stereocenters. The first-order valence-corrected chi connectivity index (χ1v) is 8.04. The third-order valence-corrected chi connectivity index (χ3v) is 4.28. The zero-order chi connectivity index (χ0) is 17.1. The van der Waals surface area contributed by atoms with Gasteiger partial charge in [0.15, 0.2) is 5.76 Å². The molecule has 2 aromatic carbocycles. The van der Waals surface area contributed by atoms with E-state index in [9.17, 15) is 14.7 Å². The molecule has 0 atom stereocenters. The van der Waals surface area contributed by atoms with Gasteiger partial charge in [-0.3, -0.25) is 0 Å². The highest BCUT2D eigenvalue weighted by atomic mass is 79.9. The molecule has 0 bridgehead atoms. The van der Waals surface area contributed by atoms with Crippen molar-refractivity contribution in [3.8, 4) is 0 Å². The minimum atomic E-state index is -1.14. The van der Waals surface area contributed by atoms with Crippen LogP contribution < -0.4 is 0 Å². The number of benzene rings is 2. The average molecular weight is 385 g/mol. The Hall–Kier alpha value is -2.66. The van der Waals surface area contributed by atoms with E-state index < -0.39 is 17.9 Å². The van der Waals surface area contributed by atoms with Gasteiger partial charge in [-0.15, -0.1) is 0 Å². The monoisotopic (exact) mass is 384 g/mol. The predicted octanol–water partition coefficient (Wildman–Crippen LogP) is 3.99. The van der Waals surface area contributed by atoms with E-state index in [4.69, 9.17) is 4.74 Å². The Morgan fingerprint density at radius 3 is 1.83 bits per heavy atom. The Labute approximate surface area is 147 Å². The van der Waals surface area contributed by atoms with E-state index in [2.05, 4.69) is 15.9 Å². The van der Waals surface area contributed by atoms with Gasteiger partial charge in [0.2, 0.25) is 0 Å². The van der Waals surface area contributed by atoms with Crippen LogP contribution in [0, 0.1) is 0 Å². The molecule has 0 spiro atoms. The number of esters is 1. The Morgan fingerprint density at radius 2 is 1.46 bits per heavy atom. The summed E-state index contributed by atoms with van der Waals surface area (Å²) >= 11 is 3.22. The summed E-state index contributed by atoms with van der Waals surface area (Å²) < 4.78 is 5.48. The van der Waals surface area contributed by atoms with Crippen LogP contribution in [0.3, 0.4) is 0 Å². The second-order valence-electron chi connectivity index (χ2n) is 5.22. The molecule has 2 aromatic rings. The summed E-state index contributed by atoms with van der Waals surface area (Å²) in [6.07, 6.45) is 1.23. The second-order valence-corrected chi connectivity index (χ2v) is 6.07. The Kier molecular flexibility index (Phi) is 4.62.